The van der Waals surface area contributed by atoms with Gasteiger partial charge in [0, 0.05) is 19.2 Å². The quantitative estimate of drug-likeness (QED) is 0.559. The lowest BCUT2D eigenvalue weighted by atomic mass is 10.2. The highest BCUT2D eigenvalue weighted by atomic mass is 16.2. The molecule has 1 N–H and O–H groups in total. The molecule has 0 amide bonds. The Hall–Kier alpha value is -1.33. The van der Waals surface area contributed by atoms with E-state index in [1.165, 1.54) is 0 Å². The zero-order valence-electron chi connectivity index (χ0n) is 7.53. The summed E-state index contributed by atoms with van der Waals surface area (Å²) >= 11 is 0. The second-order valence-electron chi connectivity index (χ2n) is 2.70. The molecule has 0 saturated carbocycles. The summed E-state index contributed by atoms with van der Waals surface area (Å²) in [5, 5.41) is 8.52. The van der Waals surface area contributed by atoms with Gasteiger partial charge in [0.15, 0.2) is 0 Å². The van der Waals surface area contributed by atoms with E-state index in [-0.39, 0.29) is 6.61 Å². The number of pyridine rings is 1. The van der Waals surface area contributed by atoms with Crippen LogP contribution in [0.4, 0.5) is 0 Å². The third-order valence-corrected chi connectivity index (χ3v) is 1.59. The lowest BCUT2D eigenvalue weighted by Crippen LogP contribution is -1.81. The predicted molar refractivity (Wildman–Crippen MR) is 52.1 cm³/mol. The van der Waals surface area contributed by atoms with Crippen LogP contribution in [0.25, 0.3) is 0 Å². The smallest absolute Gasteiger partial charge is 0.113 e. The van der Waals surface area contributed by atoms with Crippen LogP contribution in [0.15, 0.2) is 24.4 Å². The zero-order chi connectivity index (χ0) is 9.36. The van der Waals surface area contributed by atoms with E-state index in [2.05, 4.69) is 16.8 Å². The molecule has 0 aromatic carbocycles. The predicted octanol–water partition coefficient (Wildman–Crippen LogP) is 1.60. The van der Waals surface area contributed by atoms with E-state index in [9.17, 15) is 0 Å². The first-order valence-electron chi connectivity index (χ1n) is 4.44. The van der Waals surface area contributed by atoms with Crippen molar-refractivity contribution in [2.75, 3.05) is 6.61 Å². The molecule has 68 valence electrons. The number of nitrogens with zero attached hydrogens (tertiary/aromatic N) is 1. The summed E-state index contributed by atoms with van der Waals surface area (Å²) in [7, 11) is 0. The first-order chi connectivity index (χ1) is 6.43. The van der Waals surface area contributed by atoms with Crippen molar-refractivity contribution in [2.45, 2.75) is 19.3 Å². The maximum absolute atomic E-state index is 8.52. The highest BCUT2D eigenvalue weighted by Gasteiger charge is 1.84. The van der Waals surface area contributed by atoms with E-state index in [4.69, 9.17) is 5.11 Å². The summed E-state index contributed by atoms with van der Waals surface area (Å²) in [6.45, 7) is 0.255. The van der Waals surface area contributed by atoms with Gasteiger partial charge in [0.1, 0.15) is 5.69 Å². The highest BCUT2D eigenvalue weighted by molar-refractivity contribution is 5.26. The molecule has 0 bridgehead atoms. The minimum absolute atomic E-state index is 0.255. The van der Waals surface area contributed by atoms with Gasteiger partial charge in [0.05, 0.1) is 0 Å². The Morgan fingerprint density at radius 2 is 2.23 bits per heavy atom. The van der Waals surface area contributed by atoms with Crippen LogP contribution < -0.4 is 0 Å². The Kier molecular flexibility index (Phi) is 4.66. The van der Waals surface area contributed by atoms with Gasteiger partial charge in [-0.2, -0.15) is 0 Å². The Morgan fingerprint density at radius 1 is 1.31 bits per heavy atom. The van der Waals surface area contributed by atoms with Crippen molar-refractivity contribution in [3.8, 4) is 11.8 Å². The summed E-state index contributed by atoms with van der Waals surface area (Å²) < 4.78 is 0. The van der Waals surface area contributed by atoms with Crippen molar-refractivity contribution in [3.63, 3.8) is 0 Å². The summed E-state index contributed by atoms with van der Waals surface area (Å²) in [5.74, 6) is 5.97. The van der Waals surface area contributed by atoms with Gasteiger partial charge in [-0.3, -0.25) is 0 Å². The van der Waals surface area contributed by atoms with E-state index in [1.807, 2.05) is 18.2 Å². The molecule has 2 heteroatoms. The van der Waals surface area contributed by atoms with E-state index in [0.29, 0.717) is 0 Å². The minimum atomic E-state index is 0.255. The Balaban J connectivity index is 2.31. The zero-order valence-corrected chi connectivity index (χ0v) is 7.53. The molecule has 1 aromatic rings. The average molecular weight is 175 g/mol. The first kappa shape index (κ1) is 9.76. The number of aliphatic hydroxyl groups excluding tert-OH is 1. The number of hydrogen-bond acceptors (Lipinski definition) is 2. The van der Waals surface area contributed by atoms with Gasteiger partial charge in [-0.15, -0.1) is 0 Å². The van der Waals surface area contributed by atoms with E-state index < -0.39 is 0 Å². The Labute approximate surface area is 78.6 Å². The van der Waals surface area contributed by atoms with Crippen molar-refractivity contribution in [1.82, 2.24) is 4.98 Å². The summed E-state index contributed by atoms with van der Waals surface area (Å²) in [6, 6.07) is 5.68. The van der Waals surface area contributed by atoms with Gasteiger partial charge in [0.2, 0.25) is 0 Å². The monoisotopic (exact) mass is 175 g/mol. The molecular weight excluding hydrogens is 162 g/mol. The normalized spacial score (nSPS) is 9.00. The SMILES string of the molecule is OCCCCC#Cc1ccccn1. The standard InChI is InChI=1S/C11H13NO/c13-10-6-2-1-3-7-11-8-4-5-9-12-11/h4-5,8-9,13H,1-2,6,10H2. The van der Waals surface area contributed by atoms with Crippen LogP contribution in [0.5, 0.6) is 0 Å². The van der Waals surface area contributed by atoms with Crippen LogP contribution in [0.2, 0.25) is 0 Å². The minimum Gasteiger partial charge on any atom is -0.396 e. The molecule has 0 aliphatic heterocycles. The molecule has 0 radical (unpaired) electrons. The third kappa shape index (κ3) is 4.29. The van der Waals surface area contributed by atoms with E-state index in [1.54, 1.807) is 6.20 Å². The van der Waals surface area contributed by atoms with Gasteiger partial charge in [0.25, 0.3) is 0 Å². The van der Waals surface area contributed by atoms with Crippen LogP contribution >= 0.6 is 0 Å². The molecule has 1 heterocycles. The summed E-state index contributed by atoms with van der Waals surface area (Å²) in [6.07, 6.45) is 4.35. The molecule has 0 unspecified atom stereocenters. The topological polar surface area (TPSA) is 33.1 Å². The van der Waals surface area contributed by atoms with Crippen LogP contribution in [0, 0.1) is 11.8 Å². The van der Waals surface area contributed by atoms with Gasteiger partial charge in [-0.25, -0.2) is 4.98 Å². The molecule has 0 spiro atoms. The molecule has 0 fully saturated rings. The van der Waals surface area contributed by atoms with E-state index in [0.717, 1.165) is 25.0 Å². The fourth-order valence-electron chi connectivity index (χ4n) is 0.915. The lowest BCUT2D eigenvalue weighted by Gasteiger charge is -1.88. The van der Waals surface area contributed by atoms with Crippen LogP contribution in [-0.2, 0) is 0 Å². The molecule has 13 heavy (non-hydrogen) atoms. The fraction of sp³-hybridized carbons (Fsp3) is 0.364. The molecular formula is C11H13NO. The van der Waals surface area contributed by atoms with Crippen molar-refractivity contribution >= 4 is 0 Å². The molecule has 1 aromatic heterocycles. The second kappa shape index (κ2) is 6.22. The molecule has 0 aliphatic rings. The van der Waals surface area contributed by atoms with Crippen LogP contribution in [0.1, 0.15) is 25.0 Å². The Bertz CT molecular complexity index is 284. The van der Waals surface area contributed by atoms with E-state index >= 15 is 0 Å². The van der Waals surface area contributed by atoms with Crippen molar-refractivity contribution in [1.29, 1.82) is 0 Å². The maximum Gasteiger partial charge on any atom is 0.113 e. The van der Waals surface area contributed by atoms with Gasteiger partial charge >= 0.3 is 0 Å². The number of hydrogen-bond donors (Lipinski definition) is 1. The van der Waals surface area contributed by atoms with Crippen LogP contribution in [-0.4, -0.2) is 16.7 Å². The second-order valence-corrected chi connectivity index (χ2v) is 2.70. The third-order valence-electron chi connectivity index (χ3n) is 1.59. The lowest BCUT2D eigenvalue weighted by molar-refractivity contribution is 0.285. The van der Waals surface area contributed by atoms with Gasteiger partial charge in [-0.1, -0.05) is 12.0 Å². The maximum atomic E-state index is 8.52. The van der Waals surface area contributed by atoms with Crippen molar-refractivity contribution < 1.29 is 5.11 Å². The highest BCUT2D eigenvalue weighted by Crippen LogP contribution is 1.93. The number of aliphatic hydroxyl groups is 1. The number of aromatic nitrogens is 1. The fourth-order valence-corrected chi connectivity index (χ4v) is 0.915. The van der Waals surface area contributed by atoms with Crippen molar-refractivity contribution in [3.05, 3.63) is 30.1 Å². The van der Waals surface area contributed by atoms with Gasteiger partial charge < -0.3 is 5.11 Å². The largest absolute Gasteiger partial charge is 0.396 e. The molecule has 2 nitrogen and oxygen atoms in total. The summed E-state index contributed by atoms with van der Waals surface area (Å²) in [5.41, 5.74) is 0.812. The van der Waals surface area contributed by atoms with Gasteiger partial charge in [-0.05, 0) is 30.9 Å². The molecule has 1 rings (SSSR count). The number of unbranched alkanes of at least 4 members (excludes halogenated alkanes) is 2. The Morgan fingerprint density at radius 3 is 2.92 bits per heavy atom. The molecule has 0 aliphatic carbocycles. The molecule has 0 saturated heterocycles. The average Bonchev–Trinajstić information content (AvgIpc) is 2.19. The van der Waals surface area contributed by atoms with Crippen LogP contribution in [0.3, 0.4) is 0 Å². The molecule has 0 atom stereocenters. The first-order valence-corrected chi connectivity index (χ1v) is 4.44. The van der Waals surface area contributed by atoms with Crippen molar-refractivity contribution in [2.24, 2.45) is 0 Å². The number of rotatable bonds is 3. The summed E-state index contributed by atoms with van der Waals surface area (Å²) in [4.78, 5) is 4.07.